The van der Waals surface area contributed by atoms with Crippen LogP contribution in [-0.4, -0.2) is 4.98 Å². The average Bonchev–Trinajstić information content (AvgIpc) is 2.40. The molecule has 0 aliphatic rings. The number of benzene rings is 1. The van der Waals surface area contributed by atoms with Gasteiger partial charge in [-0.15, -0.1) is 0 Å². The Morgan fingerprint density at radius 2 is 1.76 bits per heavy atom. The maximum absolute atomic E-state index is 5.67. The summed E-state index contributed by atoms with van der Waals surface area (Å²) in [5, 5.41) is 0. The summed E-state index contributed by atoms with van der Waals surface area (Å²) in [6.07, 6.45) is 2.73. The van der Waals surface area contributed by atoms with Gasteiger partial charge in [0, 0.05) is 6.54 Å². The number of hydrogen-bond donors (Lipinski definition) is 1. The number of rotatable bonds is 4. The molecule has 0 unspecified atom stereocenters. The predicted octanol–water partition coefficient (Wildman–Crippen LogP) is 2.90. The number of aromatic nitrogens is 1. The summed E-state index contributed by atoms with van der Waals surface area (Å²) in [5.41, 5.74) is 7.64. The van der Waals surface area contributed by atoms with Crippen molar-refractivity contribution in [2.75, 3.05) is 0 Å². The summed E-state index contributed by atoms with van der Waals surface area (Å²) in [6, 6.07) is 11.8. The second-order valence-corrected chi connectivity index (χ2v) is 3.79. The van der Waals surface area contributed by atoms with Crippen LogP contribution in [0.25, 0.3) is 0 Å². The molecule has 88 valence electrons. The highest BCUT2D eigenvalue weighted by molar-refractivity contribution is 5.32. The maximum Gasteiger partial charge on any atom is 0.145 e. The van der Waals surface area contributed by atoms with Gasteiger partial charge in [-0.25, -0.2) is 0 Å². The highest BCUT2D eigenvalue weighted by Crippen LogP contribution is 2.21. The Bertz CT molecular complexity index is 417. The van der Waals surface area contributed by atoms with Crippen molar-refractivity contribution < 1.29 is 4.74 Å². The molecule has 1 heterocycles. The third-order valence-electron chi connectivity index (χ3n) is 2.57. The molecule has 1 aromatic heterocycles. The van der Waals surface area contributed by atoms with Gasteiger partial charge in [0.25, 0.3) is 0 Å². The standard InChI is InChI=1S/C14H16N2O/c1-2-11-3-6-13(7-4-11)17-14-8-5-12(9-15)16-10-14/h3-8,10H,2,9,15H2,1H3. The van der Waals surface area contributed by atoms with Gasteiger partial charge in [-0.3, -0.25) is 4.98 Å². The topological polar surface area (TPSA) is 48.1 Å². The molecule has 2 rings (SSSR count). The first kappa shape index (κ1) is 11.6. The maximum atomic E-state index is 5.67. The van der Waals surface area contributed by atoms with Gasteiger partial charge in [-0.05, 0) is 36.2 Å². The van der Waals surface area contributed by atoms with Gasteiger partial charge < -0.3 is 10.5 Å². The van der Waals surface area contributed by atoms with E-state index in [1.807, 2.05) is 24.3 Å². The summed E-state index contributed by atoms with van der Waals surface area (Å²) in [4.78, 5) is 4.18. The number of ether oxygens (including phenoxy) is 1. The molecule has 3 nitrogen and oxygen atoms in total. The van der Waals surface area contributed by atoms with Gasteiger partial charge in [-0.2, -0.15) is 0 Å². The van der Waals surface area contributed by atoms with E-state index in [1.54, 1.807) is 6.20 Å². The van der Waals surface area contributed by atoms with E-state index in [0.29, 0.717) is 6.54 Å². The zero-order valence-corrected chi connectivity index (χ0v) is 9.89. The first-order chi connectivity index (χ1) is 8.31. The molecule has 0 atom stereocenters. The lowest BCUT2D eigenvalue weighted by atomic mass is 10.2. The van der Waals surface area contributed by atoms with Crippen LogP contribution >= 0.6 is 0 Å². The van der Waals surface area contributed by atoms with Crippen molar-refractivity contribution in [3.8, 4) is 11.5 Å². The first-order valence-corrected chi connectivity index (χ1v) is 5.73. The van der Waals surface area contributed by atoms with Crippen LogP contribution in [0.3, 0.4) is 0 Å². The number of nitrogens with two attached hydrogens (primary N) is 1. The lowest BCUT2D eigenvalue weighted by molar-refractivity contribution is 0.479. The van der Waals surface area contributed by atoms with E-state index >= 15 is 0 Å². The number of pyridine rings is 1. The fraction of sp³-hybridized carbons (Fsp3) is 0.214. The quantitative estimate of drug-likeness (QED) is 0.875. The van der Waals surface area contributed by atoms with Crippen LogP contribution < -0.4 is 10.5 Å². The predicted molar refractivity (Wildman–Crippen MR) is 68.0 cm³/mol. The molecule has 0 spiro atoms. The largest absolute Gasteiger partial charge is 0.456 e. The minimum absolute atomic E-state index is 0.450. The minimum atomic E-state index is 0.450. The van der Waals surface area contributed by atoms with Crippen molar-refractivity contribution in [2.45, 2.75) is 19.9 Å². The molecule has 0 amide bonds. The van der Waals surface area contributed by atoms with Gasteiger partial charge in [0.05, 0.1) is 11.9 Å². The van der Waals surface area contributed by atoms with Crippen LogP contribution in [0.5, 0.6) is 11.5 Å². The molecule has 0 saturated heterocycles. The van der Waals surface area contributed by atoms with E-state index in [9.17, 15) is 0 Å². The molecule has 2 N–H and O–H groups in total. The third kappa shape index (κ3) is 3.04. The lowest BCUT2D eigenvalue weighted by Crippen LogP contribution is -1.98. The SMILES string of the molecule is CCc1ccc(Oc2ccc(CN)nc2)cc1. The van der Waals surface area contributed by atoms with Crippen LogP contribution in [0.15, 0.2) is 42.6 Å². The Labute approximate surface area is 101 Å². The average molecular weight is 228 g/mol. The fourth-order valence-electron chi connectivity index (χ4n) is 1.52. The summed E-state index contributed by atoms with van der Waals surface area (Å²) < 4.78 is 5.67. The van der Waals surface area contributed by atoms with Crippen LogP contribution in [0, 0.1) is 0 Å². The summed E-state index contributed by atoms with van der Waals surface area (Å²) in [7, 11) is 0. The zero-order chi connectivity index (χ0) is 12.1. The molecule has 17 heavy (non-hydrogen) atoms. The van der Waals surface area contributed by atoms with E-state index in [4.69, 9.17) is 10.5 Å². The van der Waals surface area contributed by atoms with E-state index in [2.05, 4.69) is 24.0 Å². The van der Waals surface area contributed by atoms with Gasteiger partial charge in [0.15, 0.2) is 0 Å². The summed E-state index contributed by atoms with van der Waals surface area (Å²) >= 11 is 0. The van der Waals surface area contributed by atoms with Crippen LogP contribution in [0.1, 0.15) is 18.2 Å². The number of aryl methyl sites for hydroxylation is 1. The molecule has 0 saturated carbocycles. The van der Waals surface area contributed by atoms with Crippen LogP contribution in [0.4, 0.5) is 0 Å². The van der Waals surface area contributed by atoms with Gasteiger partial charge >= 0.3 is 0 Å². The fourth-order valence-corrected chi connectivity index (χ4v) is 1.52. The van der Waals surface area contributed by atoms with Crippen molar-refractivity contribution in [3.05, 3.63) is 53.9 Å². The lowest BCUT2D eigenvalue weighted by Gasteiger charge is -2.06. The summed E-state index contributed by atoms with van der Waals surface area (Å²) in [6.45, 7) is 2.58. The van der Waals surface area contributed by atoms with Crippen LogP contribution in [-0.2, 0) is 13.0 Å². The molecule has 0 fully saturated rings. The minimum Gasteiger partial charge on any atom is -0.456 e. The van der Waals surface area contributed by atoms with E-state index < -0.39 is 0 Å². The second-order valence-electron chi connectivity index (χ2n) is 3.79. The van der Waals surface area contributed by atoms with Crippen molar-refractivity contribution >= 4 is 0 Å². The first-order valence-electron chi connectivity index (χ1n) is 5.73. The molecule has 2 aromatic rings. The molecule has 0 bridgehead atoms. The molecule has 0 aliphatic heterocycles. The number of nitrogens with zero attached hydrogens (tertiary/aromatic N) is 1. The van der Waals surface area contributed by atoms with Crippen LogP contribution in [0.2, 0.25) is 0 Å². The van der Waals surface area contributed by atoms with Gasteiger partial charge in [0.1, 0.15) is 11.5 Å². The Morgan fingerprint density at radius 3 is 2.29 bits per heavy atom. The summed E-state index contributed by atoms with van der Waals surface area (Å²) in [5.74, 6) is 1.55. The van der Waals surface area contributed by atoms with Crippen molar-refractivity contribution in [1.29, 1.82) is 0 Å². The third-order valence-corrected chi connectivity index (χ3v) is 2.57. The van der Waals surface area contributed by atoms with Crippen molar-refractivity contribution in [2.24, 2.45) is 5.73 Å². The van der Waals surface area contributed by atoms with Gasteiger partial charge in [-0.1, -0.05) is 19.1 Å². The molecular formula is C14H16N2O. The Balaban J connectivity index is 2.08. The van der Waals surface area contributed by atoms with E-state index in [0.717, 1.165) is 23.6 Å². The van der Waals surface area contributed by atoms with Crippen molar-refractivity contribution in [3.63, 3.8) is 0 Å². The second kappa shape index (κ2) is 5.46. The molecule has 3 heteroatoms. The highest BCUT2D eigenvalue weighted by atomic mass is 16.5. The molecule has 0 radical (unpaired) electrons. The Morgan fingerprint density at radius 1 is 1.06 bits per heavy atom. The Hall–Kier alpha value is -1.87. The van der Waals surface area contributed by atoms with Crippen molar-refractivity contribution in [1.82, 2.24) is 4.98 Å². The highest BCUT2D eigenvalue weighted by Gasteiger charge is 1.98. The monoisotopic (exact) mass is 228 g/mol. The zero-order valence-electron chi connectivity index (χ0n) is 9.89. The van der Waals surface area contributed by atoms with Gasteiger partial charge in [0.2, 0.25) is 0 Å². The molecular weight excluding hydrogens is 212 g/mol. The smallest absolute Gasteiger partial charge is 0.145 e. The molecule has 0 aliphatic carbocycles. The van der Waals surface area contributed by atoms with E-state index in [1.165, 1.54) is 5.56 Å². The molecule has 1 aromatic carbocycles. The normalized spacial score (nSPS) is 10.2. The van der Waals surface area contributed by atoms with E-state index in [-0.39, 0.29) is 0 Å². The number of hydrogen-bond acceptors (Lipinski definition) is 3. The Kier molecular flexibility index (Phi) is 3.73.